The lowest BCUT2D eigenvalue weighted by Gasteiger charge is -2.44. The van der Waals surface area contributed by atoms with Crippen molar-refractivity contribution in [2.45, 2.75) is 79.4 Å². The highest BCUT2D eigenvalue weighted by atomic mass is 16.5. The molecule has 152 valence electrons. The van der Waals surface area contributed by atoms with Crippen LogP contribution in [0, 0.1) is 17.3 Å². The van der Waals surface area contributed by atoms with Crippen molar-refractivity contribution >= 4 is 5.91 Å². The molecule has 0 radical (unpaired) electrons. The Balaban J connectivity index is 2.07. The largest absolute Gasteiger partial charge is 0.378 e. The molecule has 1 aliphatic heterocycles. The van der Waals surface area contributed by atoms with Crippen LogP contribution in [0.1, 0.15) is 72.3 Å². The summed E-state index contributed by atoms with van der Waals surface area (Å²) in [5, 5.41) is 0. The first-order valence-corrected chi connectivity index (χ1v) is 10.7. The molecule has 2 atom stereocenters. The molecule has 1 heterocycles. The third-order valence-electron chi connectivity index (χ3n) is 6.17. The van der Waals surface area contributed by atoms with E-state index in [1.807, 2.05) is 23.1 Å². The summed E-state index contributed by atoms with van der Waals surface area (Å²) >= 11 is 0. The van der Waals surface area contributed by atoms with E-state index in [2.05, 4.69) is 39.8 Å². The summed E-state index contributed by atoms with van der Waals surface area (Å²) in [6.45, 7) is 13.3. The van der Waals surface area contributed by atoms with Gasteiger partial charge in [0.25, 0.3) is 0 Å². The average Bonchev–Trinajstić information content (AvgIpc) is 2.64. The van der Waals surface area contributed by atoms with Crippen LogP contribution in [0.4, 0.5) is 0 Å². The molecule has 3 nitrogen and oxygen atoms in total. The fourth-order valence-corrected chi connectivity index (χ4v) is 4.14. The van der Waals surface area contributed by atoms with Crippen LogP contribution in [0.15, 0.2) is 30.3 Å². The molecular weight excluding hydrogens is 334 g/mol. The molecule has 1 fully saturated rings. The molecule has 1 amide bonds. The first-order chi connectivity index (χ1) is 12.8. The Morgan fingerprint density at radius 2 is 1.89 bits per heavy atom. The zero-order chi connectivity index (χ0) is 19.9. The summed E-state index contributed by atoms with van der Waals surface area (Å²) in [5.74, 6) is 1.44. The van der Waals surface area contributed by atoms with Crippen molar-refractivity contribution in [1.82, 2.24) is 4.90 Å². The van der Waals surface area contributed by atoms with Crippen LogP contribution in [0.3, 0.4) is 0 Å². The minimum Gasteiger partial charge on any atom is -0.378 e. The maximum Gasteiger partial charge on any atom is 0.219 e. The first-order valence-electron chi connectivity index (χ1n) is 10.7. The summed E-state index contributed by atoms with van der Waals surface area (Å²) in [7, 11) is 0. The number of hydrogen-bond acceptors (Lipinski definition) is 2. The summed E-state index contributed by atoms with van der Waals surface area (Å²) in [4.78, 5) is 14.3. The van der Waals surface area contributed by atoms with Gasteiger partial charge in [0.1, 0.15) is 0 Å². The van der Waals surface area contributed by atoms with Gasteiger partial charge in [0, 0.05) is 26.6 Å². The van der Waals surface area contributed by atoms with E-state index >= 15 is 0 Å². The van der Waals surface area contributed by atoms with Crippen LogP contribution in [0.2, 0.25) is 0 Å². The lowest BCUT2D eigenvalue weighted by atomic mass is 9.69. The predicted molar refractivity (Wildman–Crippen MR) is 112 cm³/mol. The fraction of sp³-hybridized carbons (Fsp3) is 0.708. The van der Waals surface area contributed by atoms with Gasteiger partial charge in [0.05, 0.1) is 6.10 Å². The third-order valence-corrected chi connectivity index (χ3v) is 6.17. The second kappa shape index (κ2) is 10.3. The predicted octanol–water partition coefficient (Wildman–Crippen LogP) is 5.68. The molecule has 3 heteroatoms. The van der Waals surface area contributed by atoms with E-state index in [0.717, 1.165) is 38.3 Å². The Hall–Kier alpha value is -1.35. The van der Waals surface area contributed by atoms with Gasteiger partial charge in [-0.1, -0.05) is 64.4 Å². The normalized spacial score (nSPS) is 23.0. The van der Waals surface area contributed by atoms with Crippen molar-refractivity contribution in [3.63, 3.8) is 0 Å². The van der Waals surface area contributed by atoms with Crippen molar-refractivity contribution in [3.05, 3.63) is 35.9 Å². The van der Waals surface area contributed by atoms with E-state index < -0.39 is 0 Å². The number of hydrogen-bond donors (Lipinski definition) is 0. The van der Waals surface area contributed by atoms with Crippen LogP contribution in [-0.2, 0) is 16.1 Å². The van der Waals surface area contributed by atoms with Gasteiger partial charge in [-0.25, -0.2) is 0 Å². The van der Waals surface area contributed by atoms with E-state index in [0.29, 0.717) is 24.0 Å². The maximum atomic E-state index is 12.3. The summed E-state index contributed by atoms with van der Waals surface area (Å²) in [6, 6.07) is 10.3. The summed E-state index contributed by atoms with van der Waals surface area (Å²) in [6.07, 6.45) is 6.19. The lowest BCUT2D eigenvalue weighted by molar-refractivity contribution is -0.130. The van der Waals surface area contributed by atoms with Crippen molar-refractivity contribution < 1.29 is 9.53 Å². The second-order valence-electron chi connectivity index (χ2n) is 9.22. The molecule has 0 unspecified atom stereocenters. The van der Waals surface area contributed by atoms with E-state index in [9.17, 15) is 4.79 Å². The monoisotopic (exact) mass is 373 g/mol. The zero-order valence-electron chi connectivity index (χ0n) is 18.0. The molecule has 0 aromatic heterocycles. The Bertz CT molecular complexity index is 569. The minimum atomic E-state index is 0.172. The SMILES string of the molecule is CC(=O)N(CC[C@@]1(CCC(C)C)CCO[C@@H](C(C)C)C1)Cc1ccccc1. The highest BCUT2D eigenvalue weighted by Gasteiger charge is 2.38. The standard InChI is InChI=1S/C24H39NO2/c1-19(2)11-12-24(14-16-27-23(17-24)20(3)4)13-15-25(21(5)26)18-22-9-7-6-8-10-22/h6-10,19-20,23H,11-18H2,1-5H3/t23-,24+/m1/s1. The van der Waals surface area contributed by atoms with Crippen LogP contribution in [0.5, 0.6) is 0 Å². The van der Waals surface area contributed by atoms with E-state index in [4.69, 9.17) is 4.74 Å². The minimum absolute atomic E-state index is 0.172. The van der Waals surface area contributed by atoms with Crippen molar-refractivity contribution in [2.75, 3.05) is 13.2 Å². The molecule has 1 aromatic carbocycles. The number of rotatable bonds is 9. The maximum absolute atomic E-state index is 12.3. The van der Waals surface area contributed by atoms with Gasteiger partial charge in [-0.15, -0.1) is 0 Å². The van der Waals surface area contributed by atoms with E-state index in [1.165, 1.54) is 18.4 Å². The fourth-order valence-electron chi connectivity index (χ4n) is 4.14. The van der Waals surface area contributed by atoms with Gasteiger partial charge in [0.15, 0.2) is 0 Å². The molecule has 0 saturated carbocycles. The quantitative estimate of drug-likeness (QED) is 0.557. The molecule has 0 spiro atoms. The molecule has 0 N–H and O–H groups in total. The van der Waals surface area contributed by atoms with Gasteiger partial charge in [-0.3, -0.25) is 4.79 Å². The topological polar surface area (TPSA) is 29.5 Å². The Labute approximate surface area is 166 Å². The number of carbonyl (C=O) groups excluding carboxylic acids is 1. The molecule has 0 bridgehead atoms. The molecule has 1 aromatic rings. The van der Waals surface area contributed by atoms with Crippen LogP contribution >= 0.6 is 0 Å². The second-order valence-corrected chi connectivity index (χ2v) is 9.22. The number of benzene rings is 1. The van der Waals surface area contributed by atoms with Gasteiger partial charge in [-0.2, -0.15) is 0 Å². The van der Waals surface area contributed by atoms with Gasteiger partial charge in [-0.05, 0) is 48.5 Å². The molecule has 1 aliphatic rings. The van der Waals surface area contributed by atoms with Crippen molar-refractivity contribution in [2.24, 2.45) is 17.3 Å². The third kappa shape index (κ3) is 6.95. The van der Waals surface area contributed by atoms with E-state index in [1.54, 1.807) is 6.92 Å². The van der Waals surface area contributed by atoms with Gasteiger partial charge >= 0.3 is 0 Å². The molecule has 2 rings (SSSR count). The Kier molecular flexibility index (Phi) is 8.34. The molecule has 1 saturated heterocycles. The summed E-state index contributed by atoms with van der Waals surface area (Å²) in [5.41, 5.74) is 1.51. The molecule has 0 aliphatic carbocycles. The average molecular weight is 374 g/mol. The number of ether oxygens (including phenoxy) is 1. The van der Waals surface area contributed by atoms with Crippen LogP contribution in [-0.4, -0.2) is 30.1 Å². The van der Waals surface area contributed by atoms with Crippen molar-refractivity contribution in [1.29, 1.82) is 0 Å². The highest BCUT2D eigenvalue weighted by Crippen LogP contribution is 2.43. The smallest absolute Gasteiger partial charge is 0.219 e. The first kappa shape index (κ1) is 21.9. The molecule has 27 heavy (non-hydrogen) atoms. The van der Waals surface area contributed by atoms with Crippen LogP contribution < -0.4 is 0 Å². The number of amides is 1. The highest BCUT2D eigenvalue weighted by molar-refractivity contribution is 5.73. The summed E-state index contributed by atoms with van der Waals surface area (Å²) < 4.78 is 6.07. The molecular formula is C24H39NO2. The van der Waals surface area contributed by atoms with Gasteiger partial charge < -0.3 is 9.64 Å². The zero-order valence-corrected chi connectivity index (χ0v) is 18.0. The van der Waals surface area contributed by atoms with Gasteiger partial charge in [0.2, 0.25) is 5.91 Å². The van der Waals surface area contributed by atoms with E-state index in [-0.39, 0.29) is 5.91 Å². The number of nitrogens with zero attached hydrogens (tertiary/aromatic N) is 1. The lowest BCUT2D eigenvalue weighted by Crippen LogP contribution is -2.41. The Morgan fingerprint density at radius 1 is 1.19 bits per heavy atom. The number of carbonyl (C=O) groups is 1. The van der Waals surface area contributed by atoms with Crippen LogP contribution in [0.25, 0.3) is 0 Å². The Morgan fingerprint density at radius 3 is 2.48 bits per heavy atom. The van der Waals surface area contributed by atoms with Crippen molar-refractivity contribution in [3.8, 4) is 0 Å².